The molecule has 6 aromatic rings. The standard InChI is InChI=1S/C45H40N2O4/c1-3-27-50-37-13-9-11-31(29-37)43(48)46-35-23-19-33(20-24-35)45(41-17-7-5-15-39(41)40-16-6-8-18-42(40)45)34-21-25-36(26-22-34)47-44(49)32-12-10-14-38(30-32)51-28-4-2/h5-26,29-30H,3-4,27-28H2,1-2H3,(H,46,48)(H,47,49). The molecule has 0 radical (unpaired) electrons. The highest BCUT2D eigenvalue weighted by molar-refractivity contribution is 6.05. The zero-order valence-corrected chi connectivity index (χ0v) is 28.8. The van der Waals surface area contributed by atoms with Crippen LogP contribution < -0.4 is 20.1 Å². The maximum absolute atomic E-state index is 13.2. The number of anilines is 2. The first-order valence-electron chi connectivity index (χ1n) is 17.5. The van der Waals surface area contributed by atoms with Crippen LogP contribution in [0.2, 0.25) is 0 Å². The minimum Gasteiger partial charge on any atom is -0.494 e. The van der Waals surface area contributed by atoms with E-state index in [0.29, 0.717) is 47.2 Å². The van der Waals surface area contributed by atoms with Gasteiger partial charge in [-0.25, -0.2) is 0 Å². The number of hydrogen-bond acceptors (Lipinski definition) is 4. The van der Waals surface area contributed by atoms with E-state index in [4.69, 9.17) is 9.47 Å². The van der Waals surface area contributed by atoms with Gasteiger partial charge in [-0.3, -0.25) is 9.59 Å². The lowest BCUT2D eigenvalue weighted by Crippen LogP contribution is -2.28. The zero-order chi connectivity index (χ0) is 35.2. The molecule has 0 heterocycles. The second-order valence-corrected chi connectivity index (χ2v) is 12.7. The minimum atomic E-state index is -0.631. The van der Waals surface area contributed by atoms with E-state index in [9.17, 15) is 9.59 Å². The minimum absolute atomic E-state index is 0.200. The molecule has 0 saturated carbocycles. The number of benzene rings is 6. The van der Waals surface area contributed by atoms with Crippen LogP contribution in [0.1, 0.15) is 69.7 Å². The van der Waals surface area contributed by atoms with E-state index < -0.39 is 5.41 Å². The molecule has 1 aliphatic carbocycles. The van der Waals surface area contributed by atoms with E-state index in [1.54, 1.807) is 24.3 Å². The summed E-state index contributed by atoms with van der Waals surface area (Å²) in [7, 11) is 0. The highest BCUT2D eigenvalue weighted by Crippen LogP contribution is 2.56. The summed E-state index contributed by atoms with van der Waals surface area (Å²) in [6.45, 7) is 5.30. The molecule has 51 heavy (non-hydrogen) atoms. The number of ether oxygens (including phenoxy) is 2. The average molecular weight is 673 g/mol. The fourth-order valence-corrected chi connectivity index (χ4v) is 6.93. The van der Waals surface area contributed by atoms with Gasteiger partial charge >= 0.3 is 0 Å². The number of hydrogen-bond donors (Lipinski definition) is 2. The quantitative estimate of drug-likeness (QED) is 0.135. The number of carbonyl (C=O) groups excluding carboxylic acids is 2. The third kappa shape index (κ3) is 6.61. The first-order chi connectivity index (χ1) is 25.0. The molecule has 0 aliphatic heterocycles. The molecule has 0 saturated heterocycles. The molecular formula is C45H40N2O4. The Hall–Kier alpha value is -6.14. The monoisotopic (exact) mass is 672 g/mol. The van der Waals surface area contributed by atoms with E-state index in [1.807, 2.05) is 62.4 Å². The predicted molar refractivity (Wildman–Crippen MR) is 204 cm³/mol. The molecule has 7 rings (SSSR count). The Bertz CT molecular complexity index is 2020. The third-order valence-corrected chi connectivity index (χ3v) is 9.24. The summed E-state index contributed by atoms with van der Waals surface area (Å²) in [5.41, 5.74) is 8.66. The summed E-state index contributed by atoms with van der Waals surface area (Å²) in [5, 5.41) is 6.12. The van der Waals surface area contributed by atoms with Crippen molar-refractivity contribution in [1.82, 2.24) is 0 Å². The number of rotatable bonds is 12. The largest absolute Gasteiger partial charge is 0.494 e. The number of nitrogens with one attached hydrogen (secondary N) is 2. The lowest BCUT2D eigenvalue weighted by molar-refractivity contribution is 0.101. The van der Waals surface area contributed by atoms with Crippen LogP contribution in [0.3, 0.4) is 0 Å². The normalized spacial score (nSPS) is 12.4. The summed E-state index contributed by atoms with van der Waals surface area (Å²) in [5.74, 6) is 0.955. The van der Waals surface area contributed by atoms with E-state index in [-0.39, 0.29) is 11.8 Å². The van der Waals surface area contributed by atoms with Crippen LogP contribution in [0.15, 0.2) is 146 Å². The Morgan fingerprint density at radius 2 is 0.922 bits per heavy atom. The van der Waals surface area contributed by atoms with Crippen molar-refractivity contribution >= 4 is 23.2 Å². The fraction of sp³-hybridized carbons (Fsp3) is 0.156. The zero-order valence-electron chi connectivity index (χ0n) is 28.8. The van der Waals surface area contributed by atoms with Crippen molar-refractivity contribution in [3.05, 3.63) is 179 Å². The van der Waals surface area contributed by atoms with Crippen LogP contribution in [0, 0.1) is 0 Å². The van der Waals surface area contributed by atoms with Crippen LogP contribution in [0.5, 0.6) is 11.5 Å². The summed E-state index contributed by atoms with van der Waals surface area (Å²) >= 11 is 0. The highest BCUT2D eigenvalue weighted by atomic mass is 16.5. The molecule has 254 valence electrons. The van der Waals surface area contributed by atoms with Crippen molar-refractivity contribution in [2.45, 2.75) is 32.1 Å². The van der Waals surface area contributed by atoms with Crippen LogP contribution in [-0.2, 0) is 5.41 Å². The maximum atomic E-state index is 13.2. The van der Waals surface area contributed by atoms with Gasteiger partial charge in [-0.15, -0.1) is 0 Å². The maximum Gasteiger partial charge on any atom is 0.255 e. The Kier molecular flexibility index (Phi) is 9.66. The Morgan fingerprint density at radius 3 is 1.33 bits per heavy atom. The lowest BCUT2D eigenvalue weighted by atomic mass is 9.67. The molecule has 2 N–H and O–H groups in total. The molecule has 6 heteroatoms. The van der Waals surface area contributed by atoms with Crippen LogP contribution in [0.4, 0.5) is 11.4 Å². The molecule has 0 atom stereocenters. The Morgan fingerprint density at radius 1 is 0.510 bits per heavy atom. The van der Waals surface area contributed by atoms with Crippen molar-refractivity contribution in [2.75, 3.05) is 23.8 Å². The van der Waals surface area contributed by atoms with Crippen molar-refractivity contribution < 1.29 is 19.1 Å². The molecule has 6 aromatic carbocycles. The van der Waals surface area contributed by atoms with E-state index in [2.05, 4.69) is 83.4 Å². The van der Waals surface area contributed by atoms with Gasteiger partial charge < -0.3 is 20.1 Å². The topological polar surface area (TPSA) is 76.7 Å². The predicted octanol–water partition coefficient (Wildman–Crippen LogP) is 10.1. The Balaban J connectivity index is 1.21. The van der Waals surface area contributed by atoms with Gasteiger partial charge in [-0.05, 0) is 107 Å². The number of amides is 2. The van der Waals surface area contributed by atoms with Crippen molar-refractivity contribution in [3.63, 3.8) is 0 Å². The van der Waals surface area contributed by atoms with Gasteiger partial charge in [0.15, 0.2) is 0 Å². The molecule has 0 spiro atoms. The van der Waals surface area contributed by atoms with E-state index in [1.165, 1.54) is 22.3 Å². The summed E-state index contributed by atoms with van der Waals surface area (Å²) in [6, 6.07) is 47.8. The summed E-state index contributed by atoms with van der Waals surface area (Å²) in [6.07, 6.45) is 1.79. The molecule has 2 amide bonds. The van der Waals surface area contributed by atoms with Crippen LogP contribution in [-0.4, -0.2) is 25.0 Å². The van der Waals surface area contributed by atoms with Gasteiger partial charge in [0, 0.05) is 22.5 Å². The second-order valence-electron chi connectivity index (χ2n) is 12.7. The molecule has 0 unspecified atom stereocenters. The molecule has 1 aliphatic rings. The molecule has 0 aromatic heterocycles. The third-order valence-electron chi connectivity index (χ3n) is 9.24. The summed E-state index contributed by atoms with van der Waals surface area (Å²) in [4.78, 5) is 26.5. The van der Waals surface area contributed by atoms with Gasteiger partial charge in [0.1, 0.15) is 11.5 Å². The van der Waals surface area contributed by atoms with E-state index in [0.717, 1.165) is 24.0 Å². The fourth-order valence-electron chi connectivity index (χ4n) is 6.93. The van der Waals surface area contributed by atoms with Crippen molar-refractivity contribution in [1.29, 1.82) is 0 Å². The molecular weight excluding hydrogens is 633 g/mol. The number of fused-ring (bicyclic) bond motifs is 3. The molecule has 6 nitrogen and oxygen atoms in total. The highest BCUT2D eigenvalue weighted by Gasteiger charge is 2.45. The average Bonchev–Trinajstić information content (AvgIpc) is 3.48. The van der Waals surface area contributed by atoms with Gasteiger partial charge in [-0.1, -0.05) is 98.8 Å². The summed E-state index contributed by atoms with van der Waals surface area (Å²) < 4.78 is 11.5. The first-order valence-corrected chi connectivity index (χ1v) is 17.5. The second kappa shape index (κ2) is 14.8. The van der Waals surface area contributed by atoms with Crippen molar-refractivity contribution in [3.8, 4) is 22.6 Å². The van der Waals surface area contributed by atoms with Gasteiger partial charge in [-0.2, -0.15) is 0 Å². The van der Waals surface area contributed by atoms with E-state index >= 15 is 0 Å². The van der Waals surface area contributed by atoms with Crippen LogP contribution in [0.25, 0.3) is 11.1 Å². The first kappa shape index (κ1) is 33.4. The number of carbonyl (C=O) groups is 2. The van der Waals surface area contributed by atoms with Gasteiger partial charge in [0.2, 0.25) is 0 Å². The Labute approximate surface area is 299 Å². The molecule has 0 bridgehead atoms. The van der Waals surface area contributed by atoms with Crippen LogP contribution >= 0.6 is 0 Å². The molecule has 0 fully saturated rings. The van der Waals surface area contributed by atoms with Crippen molar-refractivity contribution in [2.24, 2.45) is 0 Å². The SMILES string of the molecule is CCCOc1cccc(C(=O)Nc2ccc(C3(c4ccc(NC(=O)c5cccc(OCCC)c5)cc4)c4ccccc4-c4ccccc43)cc2)c1. The van der Waals surface area contributed by atoms with Gasteiger partial charge in [0.05, 0.1) is 18.6 Å². The lowest BCUT2D eigenvalue weighted by Gasteiger charge is -2.34. The smallest absolute Gasteiger partial charge is 0.255 e. The van der Waals surface area contributed by atoms with Gasteiger partial charge in [0.25, 0.3) is 11.8 Å².